The van der Waals surface area contributed by atoms with Gasteiger partial charge in [-0.05, 0) is 61.7 Å². The molecule has 7 nitrogen and oxygen atoms in total. The lowest BCUT2D eigenvalue weighted by Crippen LogP contribution is -2.26. The molecular weight excluding hydrogens is 443 g/mol. The van der Waals surface area contributed by atoms with E-state index in [9.17, 15) is 18.8 Å². The van der Waals surface area contributed by atoms with Crippen LogP contribution in [0.5, 0.6) is 0 Å². The Kier molecular flexibility index (Phi) is 7.08. The Morgan fingerprint density at radius 2 is 1.79 bits per heavy atom. The second-order valence-corrected chi connectivity index (χ2v) is 9.28. The number of aliphatic imine (C=N–C) groups is 1. The van der Waals surface area contributed by atoms with Crippen molar-refractivity contribution in [3.05, 3.63) is 65.5 Å². The Bertz CT molecular complexity index is 1070. The minimum absolute atomic E-state index is 0.0434. The average molecular weight is 469 g/mol. The molecule has 2 aliphatic heterocycles. The van der Waals surface area contributed by atoms with Gasteiger partial charge in [-0.2, -0.15) is 4.99 Å². The van der Waals surface area contributed by atoms with Crippen LogP contribution >= 0.6 is 11.8 Å². The second-order valence-electron chi connectivity index (χ2n) is 8.11. The van der Waals surface area contributed by atoms with Crippen LogP contribution in [0.3, 0.4) is 0 Å². The number of rotatable bonds is 6. The number of thioether (sulfide) groups is 1. The fourth-order valence-corrected chi connectivity index (χ4v) is 4.87. The van der Waals surface area contributed by atoms with Crippen molar-refractivity contribution >= 4 is 40.3 Å². The molecule has 1 fully saturated rings. The first-order chi connectivity index (χ1) is 15.9. The summed E-state index contributed by atoms with van der Waals surface area (Å²) in [5.41, 5.74) is 1.77. The third-order valence-electron chi connectivity index (χ3n) is 5.62. The molecule has 0 saturated carbocycles. The van der Waals surface area contributed by atoms with E-state index in [1.165, 1.54) is 23.9 Å². The number of amidine groups is 1. The van der Waals surface area contributed by atoms with Gasteiger partial charge in [0, 0.05) is 30.8 Å². The topological polar surface area (TPSA) is 90.9 Å². The molecule has 4 rings (SSSR count). The van der Waals surface area contributed by atoms with Crippen molar-refractivity contribution in [1.29, 1.82) is 0 Å². The maximum absolute atomic E-state index is 13.1. The van der Waals surface area contributed by atoms with Gasteiger partial charge < -0.3 is 15.5 Å². The maximum Gasteiger partial charge on any atom is 0.262 e. The van der Waals surface area contributed by atoms with Crippen molar-refractivity contribution in [2.75, 3.05) is 18.4 Å². The summed E-state index contributed by atoms with van der Waals surface area (Å²) < 4.78 is 13.1. The molecule has 9 heteroatoms. The van der Waals surface area contributed by atoms with E-state index < -0.39 is 5.25 Å². The smallest absolute Gasteiger partial charge is 0.262 e. The number of benzene rings is 2. The number of amides is 3. The van der Waals surface area contributed by atoms with E-state index in [1.54, 1.807) is 36.4 Å². The zero-order valence-electron chi connectivity index (χ0n) is 18.2. The Labute approximate surface area is 195 Å². The quantitative estimate of drug-likeness (QED) is 0.674. The largest absolute Gasteiger partial charge is 0.351 e. The van der Waals surface area contributed by atoms with Crippen LogP contribution in [0.2, 0.25) is 0 Å². The van der Waals surface area contributed by atoms with Crippen LogP contribution in [0.15, 0.2) is 53.5 Å². The molecule has 0 radical (unpaired) electrons. The van der Waals surface area contributed by atoms with Gasteiger partial charge in [0.2, 0.25) is 5.91 Å². The Balaban J connectivity index is 1.27. The van der Waals surface area contributed by atoms with Crippen molar-refractivity contribution in [2.45, 2.75) is 37.5 Å². The van der Waals surface area contributed by atoms with Gasteiger partial charge in [-0.15, -0.1) is 0 Å². The molecule has 2 atom stereocenters. The molecule has 2 aromatic carbocycles. The van der Waals surface area contributed by atoms with Crippen molar-refractivity contribution < 1.29 is 18.8 Å². The van der Waals surface area contributed by atoms with E-state index in [4.69, 9.17) is 0 Å². The zero-order valence-corrected chi connectivity index (χ0v) is 19.0. The lowest BCUT2D eigenvalue weighted by atomic mass is 10.1. The highest BCUT2D eigenvalue weighted by Crippen LogP contribution is 2.29. The van der Waals surface area contributed by atoms with E-state index in [-0.39, 0.29) is 36.0 Å². The van der Waals surface area contributed by atoms with Gasteiger partial charge in [0.05, 0.1) is 6.04 Å². The number of halogens is 1. The molecule has 33 heavy (non-hydrogen) atoms. The first-order valence-electron chi connectivity index (χ1n) is 10.9. The summed E-state index contributed by atoms with van der Waals surface area (Å²) in [4.78, 5) is 43.3. The van der Waals surface area contributed by atoms with Gasteiger partial charge in [0.1, 0.15) is 11.1 Å². The van der Waals surface area contributed by atoms with Gasteiger partial charge in [0.25, 0.3) is 11.8 Å². The fourth-order valence-electron chi connectivity index (χ4n) is 3.75. The molecule has 3 amide bonds. The lowest BCUT2D eigenvalue weighted by molar-refractivity contribution is -0.121. The number of hydrogen-bond donors (Lipinski definition) is 2. The molecule has 2 heterocycles. The van der Waals surface area contributed by atoms with Crippen LogP contribution < -0.4 is 10.6 Å². The van der Waals surface area contributed by atoms with E-state index in [0.29, 0.717) is 11.3 Å². The van der Waals surface area contributed by atoms with E-state index in [0.717, 1.165) is 36.7 Å². The van der Waals surface area contributed by atoms with Crippen LogP contribution in [-0.2, 0) is 9.59 Å². The molecule has 0 spiro atoms. The van der Waals surface area contributed by atoms with Crippen molar-refractivity contribution in [2.24, 2.45) is 4.99 Å². The minimum atomic E-state index is -0.501. The number of hydrogen-bond acceptors (Lipinski definition) is 5. The number of carbonyl (C=O) groups excluding carboxylic acids is 3. The number of carbonyl (C=O) groups is 3. The zero-order chi connectivity index (χ0) is 23.4. The molecule has 2 N–H and O–H groups in total. The molecule has 172 valence electrons. The van der Waals surface area contributed by atoms with E-state index in [1.807, 2.05) is 6.92 Å². The van der Waals surface area contributed by atoms with Crippen molar-refractivity contribution in [3.8, 4) is 0 Å². The van der Waals surface area contributed by atoms with Crippen LogP contribution in [0.25, 0.3) is 0 Å². The number of nitrogens with zero attached hydrogens (tertiary/aromatic N) is 2. The Morgan fingerprint density at radius 1 is 1.12 bits per heavy atom. The maximum atomic E-state index is 13.1. The molecular formula is C24H25FN4O3S. The highest BCUT2D eigenvalue weighted by molar-refractivity contribution is 8.15. The lowest BCUT2D eigenvalue weighted by Gasteiger charge is -2.16. The standard InChI is InChI=1S/C24H25FN4O3S/c1-15(16-4-8-18(25)9-5-16)26-22(31)17-6-10-19(11-7-17)27-21(30)14-20-23(32)28-24(33-20)29-12-2-3-13-29/h4-11,15,20H,2-3,12-14H2,1H3,(H,26,31)(H,27,30). The third-order valence-corrected chi connectivity index (χ3v) is 6.84. The average Bonchev–Trinajstić information content (AvgIpc) is 3.45. The highest BCUT2D eigenvalue weighted by Gasteiger charge is 2.33. The van der Waals surface area contributed by atoms with Crippen molar-refractivity contribution in [3.63, 3.8) is 0 Å². The van der Waals surface area contributed by atoms with Crippen LogP contribution in [0, 0.1) is 5.82 Å². The third kappa shape index (κ3) is 5.78. The minimum Gasteiger partial charge on any atom is -0.351 e. The number of likely N-dealkylation sites (tertiary alicyclic amines) is 1. The van der Waals surface area contributed by atoms with Gasteiger partial charge in [0.15, 0.2) is 5.17 Å². The van der Waals surface area contributed by atoms with E-state index >= 15 is 0 Å². The molecule has 1 saturated heterocycles. The summed E-state index contributed by atoms with van der Waals surface area (Å²) in [6, 6.07) is 12.2. The highest BCUT2D eigenvalue weighted by atomic mass is 32.2. The van der Waals surface area contributed by atoms with E-state index in [2.05, 4.69) is 20.5 Å². The van der Waals surface area contributed by atoms with Crippen LogP contribution in [-0.4, -0.2) is 46.1 Å². The molecule has 2 aliphatic rings. The Hall–Kier alpha value is -3.20. The molecule has 2 unspecified atom stereocenters. The molecule has 2 aromatic rings. The SMILES string of the molecule is CC(NC(=O)c1ccc(NC(=O)CC2SC(N3CCCC3)=NC2=O)cc1)c1ccc(F)cc1. The Morgan fingerprint density at radius 3 is 2.45 bits per heavy atom. The molecule has 0 bridgehead atoms. The van der Waals surface area contributed by atoms with Gasteiger partial charge >= 0.3 is 0 Å². The predicted octanol–water partition coefficient (Wildman–Crippen LogP) is 3.74. The number of nitrogens with one attached hydrogen (secondary N) is 2. The van der Waals surface area contributed by atoms with Crippen molar-refractivity contribution in [1.82, 2.24) is 10.2 Å². The summed E-state index contributed by atoms with van der Waals surface area (Å²) in [5.74, 6) is -1.14. The number of anilines is 1. The van der Waals surface area contributed by atoms with Gasteiger partial charge in [-0.3, -0.25) is 14.4 Å². The molecule has 0 aliphatic carbocycles. The summed E-state index contributed by atoms with van der Waals surface area (Å²) in [6.07, 6.45) is 2.23. The summed E-state index contributed by atoms with van der Waals surface area (Å²) >= 11 is 1.36. The first kappa shape index (κ1) is 23.0. The first-order valence-corrected chi connectivity index (χ1v) is 11.8. The molecule has 0 aromatic heterocycles. The summed E-state index contributed by atoms with van der Waals surface area (Å²) in [5, 5.41) is 5.86. The summed E-state index contributed by atoms with van der Waals surface area (Å²) in [6.45, 7) is 3.63. The van der Waals surface area contributed by atoms with Crippen LogP contribution in [0.1, 0.15) is 48.1 Å². The van der Waals surface area contributed by atoms with Gasteiger partial charge in [-0.25, -0.2) is 4.39 Å². The van der Waals surface area contributed by atoms with Gasteiger partial charge in [-0.1, -0.05) is 23.9 Å². The van der Waals surface area contributed by atoms with Crippen LogP contribution in [0.4, 0.5) is 10.1 Å². The summed E-state index contributed by atoms with van der Waals surface area (Å²) in [7, 11) is 0. The monoisotopic (exact) mass is 468 g/mol. The predicted molar refractivity (Wildman–Crippen MR) is 127 cm³/mol. The normalized spacial score (nSPS) is 18.7. The fraction of sp³-hybridized carbons (Fsp3) is 0.333. The second kappa shape index (κ2) is 10.2.